The Morgan fingerprint density at radius 1 is 1.24 bits per heavy atom. The van der Waals surface area contributed by atoms with Gasteiger partial charge < -0.3 is 14.9 Å². The second-order valence-corrected chi connectivity index (χ2v) is 6.44. The number of aromatic nitrogens is 3. The number of halogens is 1. The summed E-state index contributed by atoms with van der Waals surface area (Å²) in [7, 11) is 1.63. The Kier molecular flexibility index (Phi) is 5.72. The van der Waals surface area contributed by atoms with Crippen LogP contribution in [0.2, 0.25) is 0 Å². The van der Waals surface area contributed by atoms with Crippen LogP contribution in [0.25, 0.3) is 0 Å². The van der Waals surface area contributed by atoms with E-state index < -0.39 is 0 Å². The van der Waals surface area contributed by atoms with Crippen molar-refractivity contribution in [1.29, 1.82) is 0 Å². The zero-order chi connectivity index (χ0) is 17.6. The van der Waals surface area contributed by atoms with Crippen LogP contribution in [-0.2, 0) is 13.2 Å². The molecule has 2 N–H and O–H groups in total. The van der Waals surface area contributed by atoms with E-state index in [1.54, 1.807) is 18.1 Å². The number of nitrogens with zero attached hydrogens (tertiary/aromatic N) is 2. The number of hydrogen-bond acceptors (Lipinski definition) is 5. The normalized spacial score (nSPS) is 10.5. The molecular formula is C17H17BrN4O2S. The molecule has 3 aromatic rings. The minimum Gasteiger partial charge on any atom is -0.493 e. The lowest BCUT2D eigenvalue weighted by atomic mass is 10.2. The molecule has 0 saturated heterocycles. The third kappa shape index (κ3) is 4.21. The number of nitrogens with one attached hydrogen (secondary N) is 2. The van der Waals surface area contributed by atoms with Gasteiger partial charge in [0.2, 0.25) is 4.77 Å². The summed E-state index contributed by atoms with van der Waals surface area (Å²) in [6.07, 6.45) is 1.58. The highest BCUT2D eigenvalue weighted by atomic mass is 79.9. The van der Waals surface area contributed by atoms with Crippen molar-refractivity contribution in [2.45, 2.75) is 13.2 Å². The minimum atomic E-state index is 0.450. The highest BCUT2D eigenvalue weighted by Crippen LogP contribution is 2.36. The van der Waals surface area contributed by atoms with Gasteiger partial charge in [-0.2, -0.15) is 5.10 Å². The average Bonchev–Trinajstić information content (AvgIpc) is 3.05. The predicted octanol–water partition coefficient (Wildman–Crippen LogP) is 4.03. The van der Waals surface area contributed by atoms with E-state index in [0.29, 0.717) is 29.4 Å². The molecule has 0 unspecified atom stereocenters. The molecule has 8 heteroatoms. The Bertz CT molecular complexity index is 895. The highest BCUT2D eigenvalue weighted by Gasteiger charge is 2.15. The van der Waals surface area contributed by atoms with Crippen LogP contribution in [0, 0.1) is 4.77 Å². The number of benzene rings is 2. The van der Waals surface area contributed by atoms with Gasteiger partial charge in [-0.25, -0.2) is 4.68 Å². The van der Waals surface area contributed by atoms with Crippen LogP contribution in [0.5, 0.6) is 11.5 Å². The molecule has 2 aromatic carbocycles. The molecule has 130 valence electrons. The Morgan fingerprint density at radius 2 is 2.04 bits per heavy atom. The van der Waals surface area contributed by atoms with Crippen LogP contribution >= 0.6 is 28.1 Å². The SMILES string of the molecule is COc1ccc(Br)c(CNn2cn[nH]c2=S)c1OCc1ccccc1. The summed E-state index contributed by atoms with van der Waals surface area (Å²) in [5, 5.41) is 6.59. The van der Waals surface area contributed by atoms with Crippen LogP contribution in [0.3, 0.4) is 0 Å². The van der Waals surface area contributed by atoms with Gasteiger partial charge >= 0.3 is 0 Å². The smallest absolute Gasteiger partial charge is 0.214 e. The quantitative estimate of drug-likeness (QED) is 0.564. The van der Waals surface area contributed by atoms with Crippen molar-refractivity contribution in [3.63, 3.8) is 0 Å². The van der Waals surface area contributed by atoms with Crippen LogP contribution in [0.1, 0.15) is 11.1 Å². The van der Waals surface area contributed by atoms with E-state index in [9.17, 15) is 0 Å². The third-order valence-electron chi connectivity index (χ3n) is 3.59. The predicted molar refractivity (Wildman–Crippen MR) is 102 cm³/mol. The van der Waals surface area contributed by atoms with E-state index in [2.05, 4.69) is 31.6 Å². The fraction of sp³-hybridized carbons (Fsp3) is 0.176. The lowest BCUT2D eigenvalue weighted by Gasteiger charge is -2.17. The number of H-pyrrole nitrogens is 1. The zero-order valence-corrected chi connectivity index (χ0v) is 15.9. The zero-order valence-electron chi connectivity index (χ0n) is 13.5. The number of methoxy groups -OCH3 is 1. The molecule has 1 heterocycles. The van der Waals surface area contributed by atoms with E-state index in [-0.39, 0.29) is 0 Å². The van der Waals surface area contributed by atoms with Crippen LogP contribution in [0.4, 0.5) is 0 Å². The van der Waals surface area contributed by atoms with Crippen molar-refractivity contribution in [1.82, 2.24) is 14.9 Å². The second-order valence-electron chi connectivity index (χ2n) is 5.20. The van der Waals surface area contributed by atoms with Gasteiger partial charge in [-0.1, -0.05) is 46.3 Å². The standard InChI is InChI=1S/C17H17BrN4O2S/c1-23-15-8-7-14(18)13(9-20-22-11-19-21-17(22)25)16(15)24-10-12-5-3-2-4-6-12/h2-8,11,20H,9-10H2,1H3,(H,21,25). The minimum absolute atomic E-state index is 0.450. The maximum absolute atomic E-state index is 6.07. The molecule has 0 saturated carbocycles. The van der Waals surface area contributed by atoms with Crippen molar-refractivity contribution in [3.8, 4) is 11.5 Å². The maximum Gasteiger partial charge on any atom is 0.214 e. The lowest BCUT2D eigenvalue weighted by Crippen LogP contribution is -2.15. The van der Waals surface area contributed by atoms with Gasteiger partial charge in [-0.15, -0.1) is 0 Å². The first kappa shape index (κ1) is 17.5. The number of hydrogen-bond donors (Lipinski definition) is 2. The van der Waals surface area contributed by atoms with E-state index in [1.165, 1.54) is 0 Å². The summed E-state index contributed by atoms with van der Waals surface area (Å²) in [4.78, 5) is 0. The summed E-state index contributed by atoms with van der Waals surface area (Å²) < 4.78 is 14.6. The summed E-state index contributed by atoms with van der Waals surface area (Å²) in [5.41, 5.74) is 5.21. The number of aromatic amines is 1. The van der Waals surface area contributed by atoms with Gasteiger partial charge in [0.25, 0.3) is 0 Å². The molecule has 0 aliphatic rings. The first-order valence-electron chi connectivity index (χ1n) is 7.57. The van der Waals surface area contributed by atoms with Crippen LogP contribution < -0.4 is 14.9 Å². The fourth-order valence-corrected chi connectivity index (χ4v) is 2.94. The largest absolute Gasteiger partial charge is 0.493 e. The molecular weight excluding hydrogens is 404 g/mol. The van der Waals surface area contributed by atoms with Gasteiger partial charge in [-0.3, -0.25) is 5.10 Å². The molecule has 3 rings (SSSR count). The lowest BCUT2D eigenvalue weighted by molar-refractivity contribution is 0.281. The van der Waals surface area contributed by atoms with Crippen molar-refractivity contribution in [3.05, 3.63) is 69.2 Å². The Hall–Kier alpha value is -2.32. The number of ether oxygens (including phenoxy) is 2. The van der Waals surface area contributed by atoms with Crippen molar-refractivity contribution in [2.75, 3.05) is 12.5 Å². The molecule has 6 nitrogen and oxygen atoms in total. The Balaban J connectivity index is 1.85. The van der Waals surface area contributed by atoms with Crippen molar-refractivity contribution in [2.24, 2.45) is 0 Å². The summed E-state index contributed by atoms with van der Waals surface area (Å²) in [6, 6.07) is 13.8. The molecule has 0 aliphatic carbocycles. The van der Waals surface area contributed by atoms with Crippen molar-refractivity contribution >= 4 is 28.1 Å². The van der Waals surface area contributed by atoms with E-state index >= 15 is 0 Å². The monoisotopic (exact) mass is 420 g/mol. The van der Waals surface area contributed by atoms with Gasteiger partial charge in [0.15, 0.2) is 11.5 Å². The molecule has 0 bridgehead atoms. The van der Waals surface area contributed by atoms with Crippen LogP contribution in [0.15, 0.2) is 53.3 Å². The molecule has 0 aliphatic heterocycles. The molecule has 0 amide bonds. The molecule has 0 atom stereocenters. The second kappa shape index (κ2) is 8.17. The summed E-state index contributed by atoms with van der Waals surface area (Å²) >= 11 is 8.73. The van der Waals surface area contributed by atoms with Crippen molar-refractivity contribution < 1.29 is 9.47 Å². The maximum atomic E-state index is 6.07. The van der Waals surface area contributed by atoms with Crippen LogP contribution in [-0.4, -0.2) is 22.0 Å². The topological polar surface area (TPSA) is 64.1 Å². The molecule has 1 aromatic heterocycles. The van der Waals surface area contributed by atoms with Gasteiger partial charge in [-0.05, 0) is 29.9 Å². The van der Waals surface area contributed by atoms with Gasteiger partial charge in [0, 0.05) is 10.0 Å². The third-order valence-corrected chi connectivity index (χ3v) is 4.62. The fourth-order valence-electron chi connectivity index (χ4n) is 2.32. The summed E-state index contributed by atoms with van der Waals surface area (Å²) in [5.74, 6) is 1.36. The molecule has 0 radical (unpaired) electrons. The van der Waals surface area contributed by atoms with E-state index in [4.69, 9.17) is 21.7 Å². The highest BCUT2D eigenvalue weighted by molar-refractivity contribution is 9.10. The first-order chi connectivity index (χ1) is 12.2. The summed E-state index contributed by atoms with van der Waals surface area (Å²) in [6.45, 7) is 0.932. The number of rotatable bonds is 7. The van der Waals surface area contributed by atoms with E-state index in [1.807, 2.05) is 42.5 Å². The first-order valence-corrected chi connectivity index (χ1v) is 8.77. The Labute approximate surface area is 158 Å². The van der Waals surface area contributed by atoms with Gasteiger partial charge in [0.1, 0.15) is 12.9 Å². The molecule has 25 heavy (non-hydrogen) atoms. The molecule has 0 fully saturated rings. The molecule has 0 spiro atoms. The Morgan fingerprint density at radius 3 is 2.72 bits per heavy atom. The average molecular weight is 421 g/mol. The van der Waals surface area contributed by atoms with E-state index in [0.717, 1.165) is 15.6 Å². The van der Waals surface area contributed by atoms with Gasteiger partial charge in [0.05, 0.1) is 13.7 Å².